The molecule has 0 radical (unpaired) electrons. The predicted octanol–water partition coefficient (Wildman–Crippen LogP) is 3.17. The van der Waals surface area contributed by atoms with Crippen LogP contribution in [-0.4, -0.2) is 16.8 Å². The lowest BCUT2D eigenvalue weighted by atomic mass is 10.2. The standard InChI is InChI=1S/C15H17BrN4O/c1-9-4-5-13(7-14(9)16)20-10(2)6-12(11(20)3)8-18-19-15(17)21/h4-8H,1-3H3,(H3,17,19,21). The first-order valence-electron chi connectivity index (χ1n) is 6.44. The van der Waals surface area contributed by atoms with Gasteiger partial charge in [-0.15, -0.1) is 0 Å². The Balaban J connectivity index is 2.41. The van der Waals surface area contributed by atoms with Crippen LogP contribution in [0.25, 0.3) is 5.69 Å². The number of nitrogens with zero attached hydrogens (tertiary/aromatic N) is 2. The molecular weight excluding hydrogens is 332 g/mol. The summed E-state index contributed by atoms with van der Waals surface area (Å²) in [5.74, 6) is 0. The first-order valence-corrected chi connectivity index (χ1v) is 7.23. The van der Waals surface area contributed by atoms with Crippen molar-refractivity contribution in [2.24, 2.45) is 10.8 Å². The van der Waals surface area contributed by atoms with Crippen LogP contribution in [0.15, 0.2) is 33.8 Å². The van der Waals surface area contributed by atoms with Crippen LogP contribution in [0, 0.1) is 20.8 Å². The number of nitrogens with one attached hydrogen (secondary N) is 1. The molecule has 1 aromatic carbocycles. The number of rotatable bonds is 3. The van der Waals surface area contributed by atoms with Gasteiger partial charge in [-0.05, 0) is 44.5 Å². The Hall–Kier alpha value is -2.08. The summed E-state index contributed by atoms with van der Waals surface area (Å²) in [5, 5.41) is 3.81. The molecule has 6 heteroatoms. The molecule has 2 aromatic rings. The predicted molar refractivity (Wildman–Crippen MR) is 88.0 cm³/mol. The highest BCUT2D eigenvalue weighted by Gasteiger charge is 2.10. The highest BCUT2D eigenvalue weighted by molar-refractivity contribution is 9.10. The van der Waals surface area contributed by atoms with E-state index in [1.807, 2.05) is 19.9 Å². The monoisotopic (exact) mass is 348 g/mol. The Labute approximate surface area is 132 Å². The zero-order chi connectivity index (χ0) is 15.6. The number of hydrogen-bond acceptors (Lipinski definition) is 2. The van der Waals surface area contributed by atoms with E-state index in [1.54, 1.807) is 6.21 Å². The second kappa shape index (κ2) is 6.13. The molecular formula is C15H17BrN4O. The first kappa shape index (κ1) is 15.3. The van der Waals surface area contributed by atoms with E-state index in [0.29, 0.717) is 0 Å². The van der Waals surface area contributed by atoms with Crippen molar-refractivity contribution < 1.29 is 4.79 Å². The third kappa shape index (κ3) is 3.33. The van der Waals surface area contributed by atoms with Gasteiger partial charge in [-0.3, -0.25) is 0 Å². The molecule has 21 heavy (non-hydrogen) atoms. The number of hydrazone groups is 1. The van der Waals surface area contributed by atoms with E-state index >= 15 is 0 Å². The lowest BCUT2D eigenvalue weighted by Crippen LogP contribution is -2.24. The summed E-state index contributed by atoms with van der Waals surface area (Å²) in [6.07, 6.45) is 1.59. The van der Waals surface area contributed by atoms with E-state index in [9.17, 15) is 4.79 Å². The molecule has 5 nitrogen and oxygen atoms in total. The maximum absolute atomic E-state index is 10.6. The minimum Gasteiger partial charge on any atom is -0.350 e. The summed E-state index contributed by atoms with van der Waals surface area (Å²) >= 11 is 3.56. The molecule has 2 rings (SSSR count). The molecule has 0 unspecified atom stereocenters. The number of halogens is 1. The lowest BCUT2D eigenvalue weighted by Gasteiger charge is -2.11. The number of amides is 2. The summed E-state index contributed by atoms with van der Waals surface area (Å²) < 4.78 is 3.20. The van der Waals surface area contributed by atoms with Gasteiger partial charge in [-0.1, -0.05) is 22.0 Å². The largest absolute Gasteiger partial charge is 0.350 e. The Kier molecular flexibility index (Phi) is 4.47. The SMILES string of the molecule is Cc1ccc(-n2c(C)cc(C=NNC(N)=O)c2C)cc1Br. The number of aromatic nitrogens is 1. The number of aryl methyl sites for hydroxylation is 2. The third-order valence-corrected chi connectivity index (χ3v) is 4.12. The van der Waals surface area contributed by atoms with Crippen molar-refractivity contribution >= 4 is 28.2 Å². The average molecular weight is 349 g/mol. The Morgan fingerprint density at radius 2 is 2.05 bits per heavy atom. The van der Waals surface area contributed by atoms with E-state index in [-0.39, 0.29) is 0 Å². The molecule has 3 N–H and O–H groups in total. The van der Waals surface area contributed by atoms with Crippen molar-refractivity contribution in [3.8, 4) is 5.69 Å². The van der Waals surface area contributed by atoms with Crippen molar-refractivity contribution in [3.05, 3.63) is 51.3 Å². The molecule has 0 spiro atoms. The highest BCUT2D eigenvalue weighted by atomic mass is 79.9. The van der Waals surface area contributed by atoms with Gasteiger partial charge in [-0.25, -0.2) is 10.2 Å². The van der Waals surface area contributed by atoms with Gasteiger partial charge < -0.3 is 10.3 Å². The summed E-state index contributed by atoms with van der Waals surface area (Å²) in [4.78, 5) is 10.6. The third-order valence-electron chi connectivity index (χ3n) is 3.26. The van der Waals surface area contributed by atoms with E-state index < -0.39 is 6.03 Å². The molecule has 1 aromatic heterocycles. The maximum atomic E-state index is 10.6. The first-order chi connectivity index (χ1) is 9.90. The van der Waals surface area contributed by atoms with E-state index in [1.165, 1.54) is 5.56 Å². The number of hydrogen-bond donors (Lipinski definition) is 2. The second-order valence-corrected chi connectivity index (χ2v) is 5.68. The number of carbonyl (C=O) groups excluding carboxylic acids is 1. The van der Waals surface area contributed by atoms with Crippen molar-refractivity contribution in [3.63, 3.8) is 0 Å². The van der Waals surface area contributed by atoms with E-state index in [0.717, 1.165) is 27.1 Å². The normalized spacial score (nSPS) is 11.0. The summed E-state index contributed by atoms with van der Waals surface area (Å²) in [5.41, 5.74) is 12.5. The minimum atomic E-state index is -0.678. The molecule has 2 amide bonds. The highest BCUT2D eigenvalue weighted by Crippen LogP contribution is 2.24. The van der Waals surface area contributed by atoms with Crippen LogP contribution < -0.4 is 11.2 Å². The van der Waals surface area contributed by atoms with Gasteiger partial charge in [0.15, 0.2) is 0 Å². The van der Waals surface area contributed by atoms with Gasteiger partial charge in [-0.2, -0.15) is 5.10 Å². The number of benzene rings is 1. The molecule has 0 aliphatic carbocycles. The Bertz CT molecular complexity index is 719. The molecule has 0 fully saturated rings. The molecule has 0 atom stereocenters. The summed E-state index contributed by atoms with van der Waals surface area (Å²) in [6.45, 7) is 6.09. The van der Waals surface area contributed by atoms with Gasteiger partial charge in [0.25, 0.3) is 0 Å². The molecule has 110 valence electrons. The average Bonchev–Trinajstić information content (AvgIpc) is 2.68. The van der Waals surface area contributed by atoms with Gasteiger partial charge in [0.05, 0.1) is 6.21 Å². The van der Waals surface area contributed by atoms with Gasteiger partial charge >= 0.3 is 6.03 Å². The van der Waals surface area contributed by atoms with E-state index in [2.05, 4.69) is 56.1 Å². The van der Waals surface area contributed by atoms with Crippen LogP contribution in [0.1, 0.15) is 22.5 Å². The van der Waals surface area contributed by atoms with Crippen LogP contribution in [0.3, 0.4) is 0 Å². The Morgan fingerprint density at radius 1 is 1.33 bits per heavy atom. The zero-order valence-electron chi connectivity index (χ0n) is 12.1. The number of primary amides is 1. The van der Waals surface area contributed by atoms with Gasteiger partial charge in [0.1, 0.15) is 0 Å². The molecule has 0 saturated heterocycles. The number of carbonyl (C=O) groups is 1. The quantitative estimate of drug-likeness (QED) is 0.648. The topological polar surface area (TPSA) is 72.4 Å². The number of urea groups is 1. The van der Waals surface area contributed by atoms with Crippen LogP contribution in [-0.2, 0) is 0 Å². The fourth-order valence-corrected chi connectivity index (χ4v) is 2.57. The fraction of sp³-hybridized carbons (Fsp3) is 0.200. The molecule has 0 aliphatic rings. The van der Waals surface area contributed by atoms with Crippen molar-refractivity contribution in [2.45, 2.75) is 20.8 Å². The van der Waals surface area contributed by atoms with Gasteiger partial charge in [0, 0.05) is 27.1 Å². The number of nitrogens with two attached hydrogens (primary N) is 1. The maximum Gasteiger partial charge on any atom is 0.332 e. The minimum absolute atomic E-state index is 0.678. The van der Waals surface area contributed by atoms with Crippen LogP contribution in [0.4, 0.5) is 4.79 Å². The second-order valence-electron chi connectivity index (χ2n) is 4.83. The fourth-order valence-electron chi connectivity index (χ4n) is 2.20. The zero-order valence-corrected chi connectivity index (χ0v) is 13.7. The van der Waals surface area contributed by atoms with Crippen molar-refractivity contribution in [1.82, 2.24) is 9.99 Å². The molecule has 0 aliphatic heterocycles. The van der Waals surface area contributed by atoms with Crippen LogP contribution in [0.2, 0.25) is 0 Å². The molecule has 1 heterocycles. The summed E-state index contributed by atoms with van der Waals surface area (Å²) in [7, 11) is 0. The van der Waals surface area contributed by atoms with Gasteiger partial charge in [0.2, 0.25) is 0 Å². The van der Waals surface area contributed by atoms with Crippen LogP contribution >= 0.6 is 15.9 Å². The lowest BCUT2D eigenvalue weighted by molar-refractivity contribution is 0.249. The van der Waals surface area contributed by atoms with Crippen LogP contribution in [0.5, 0.6) is 0 Å². The van der Waals surface area contributed by atoms with E-state index in [4.69, 9.17) is 5.73 Å². The van der Waals surface area contributed by atoms with Crippen molar-refractivity contribution in [1.29, 1.82) is 0 Å². The summed E-state index contributed by atoms with van der Waals surface area (Å²) in [6, 6.07) is 7.55. The van der Waals surface area contributed by atoms with Crippen molar-refractivity contribution in [2.75, 3.05) is 0 Å². The Morgan fingerprint density at radius 3 is 2.67 bits per heavy atom. The smallest absolute Gasteiger partial charge is 0.332 e. The molecule has 0 saturated carbocycles. The molecule has 0 bridgehead atoms.